The molecule has 0 aliphatic heterocycles. The maximum atomic E-state index is 4.66. The first-order chi connectivity index (χ1) is 16.4. The van der Waals surface area contributed by atoms with Crippen LogP contribution in [0.2, 0.25) is 0 Å². The minimum atomic E-state index is 0.938. The molecule has 4 nitrogen and oxygen atoms in total. The van der Waals surface area contributed by atoms with Gasteiger partial charge in [0, 0.05) is 41.8 Å². The lowest BCUT2D eigenvalue weighted by Crippen LogP contribution is -1.83. The van der Waals surface area contributed by atoms with Gasteiger partial charge in [0.1, 0.15) is 22.1 Å². The molecule has 5 aromatic heterocycles. The number of hydrogen-bond acceptors (Lipinski definition) is 9. The number of thiophene rings is 3. The zero-order valence-corrected chi connectivity index (χ0v) is 20.8. The molecule has 158 valence electrons. The Hall–Kier alpha value is -2.82. The minimum Gasteiger partial charge on any atom is -0.173 e. The maximum Gasteiger partial charge on any atom is 0.113 e. The molecule has 0 unspecified atom stereocenters. The van der Waals surface area contributed by atoms with Crippen LogP contribution in [0.1, 0.15) is 0 Å². The Kier molecular flexibility index (Phi) is 4.70. The average molecular weight is 517 g/mol. The van der Waals surface area contributed by atoms with E-state index in [0.717, 1.165) is 33.2 Å². The Balaban J connectivity index is 1.64. The van der Waals surface area contributed by atoms with Crippen LogP contribution in [0.3, 0.4) is 0 Å². The van der Waals surface area contributed by atoms with E-state index in [0.29, 0.717) is 0 Å². The van der Waals surface area contributed by atoms with Crippen LogP contribution in [0.4, 0.5) is 0 Å². The Morgan fingerprint density at radius 2 is 1.03 bits per heavy atom. The molecule has 0 bridgehead atoms. The molecule has 0 saturated heterocycles. The van der Waals surface area contributed by atoms with Crippen LogP contribution in [-0.2, 0) is 0 Å². The number of rotatable bonds is 4. The summed E-state index contributed by atoms with van der Waals surface area (Å²) in [6, 6.07) is 21.2. The van der Waals surface area contributed by atoms with E-state index in [9.17, 15) is 0 Å². The van der Waals surface area contributed by atoms with Crippen LogP contribution < -0.4 is 0 Å². The van der Waals surface area contributed by atoms with Crippen molar-refractivity contribution in [2.45, 2.75) is 0 Å². The fraction of sp³-hybridized carbons (Fsp3) is 0. The molecule has 2 aromatic carbocycles. The van der Waals surface area contributed by atoms with E-state index in [4.69, 9.17) is 0 Å². The lowest BCUT2D eigenvalue weighted by atomic mass is 9.98. The van der Waals surface area contributed by atoms with Gasteiger partial charge in [-0.1, -0.05) is 36.4 Å². The van der Waals surface area contributed by atoms with Crippen molar-refractivity contribution in [1.82, 2.24) is 17.5 Å². The van der Waals surface area contributed by atoms with Gasteiger partial charge in [-0.05, 0) is 35.0 Å². The van der Waals surface area contributed by atoms with Crippen molar-refractivity contribution < 1.29 is 0 Å². The van der Waals surface area contributed by atoms with Crippen molar-refractivity contribution in [3.05, 3.63) is 71.4 Å². The first kappa shape index (κ1) is 19.6. The van der Waals surface area contributed by atoms with Gasteiger partial charge < -0.3 is 0 Å². The topological polar surface area (TPSA) is 51.6 Å². The predicted molar refractivity (Wildman–Crippen MR) is 144 cm³/mol. The zero-order chi connectivity index (χ0) is 21.8. The first-order valence-electron chi connectivity index (χ1n) is 10.1. The molecule has 0 spiro atoms. The third kappa shape index (κ3) is 3.12. The molecule has 33 heavy (non-hydrogen) atoms. The molecule has 0 saturated carbocycles. The summed E-state index contributed by atoms with van der Waals surface area (Å²) in [5, 5.41) is 4.29. The second kappa shape index (κ2) is 7.89. The van der Waals surface area contributed by atoms with Crippen LogP contribution in [0.25, 0.3) is 63.8 Å². The van der Waals surface area contributed by atoms with E-state index >= 15 is 0 Å². The van der Waals surface area contributed by atoms with Crippen molar-refractivity contribution in [2.24, 2.45) is 0 Å². The maximum absolute atomic E-state index is 4.66. The summed E-state index contributed by atoms with van der Waals surface area (Å²) in [4.78, 5) is 4.93. The van der Waals surface area contributed by atoms with Gasteiger partial charge in [-0.15, -0.1) is 34.0 Å². The zero-order valence-electron chi connectivity index (χ0n) is 16.8. The van der Waals surface area contributed by atoms with Crippen LogP contribution in [0, 0.1) is 0 Å². The van der Waals surface area contributed by atoms with Crippen LogP contribution in [0.5, 0.6) is 0 Å². The summed E-state index contributed by atoms with van der Waals surface area (Å²) >= 11 is 7.88. The van der Waals surface area contributed by atoms with Crippen molar-refractivity contribution >= 4 is 79.5 Å². The largest absolute Gasteiger partial charge is 0.173 e. The molecule has 7 aromatic rings. The second-order valence-electron chi connectivity index (χ2n) is 7.34. The van der Waals surface area contributed by atoms with Gasteiger partial charge >= 0.3 is 0 Å². The summed E-state index contributed by atoms with van der Waals surface area (Å²) in [5.41, 5.74) is 8.56. The average Bonchev–Trinajstić information content (AvgIpc) is 3.67. The molecule has 0 amide bonds. The molecule has 7 rings (SSSR count). The van der Waals surface area contributed by atoms with Crippen molar-refractivity contribution in [3.63, 3.8) is 0 Å². The summed E-state index contributed by atoms with van der Waals surface area (Å²) in [7, 11) is 0. The quantitative estimate of drug-likeness (QED) is 0.235. The lowest BCUT2D eigenvalue weighted by Gasteiger charge is -2.07. The molecular formula is C24H12N4S5. The Labute approximate surface area is 209 Å². The number of aromatic nitrogens is 4. The van der Waals surface area contributed by atoms with Gasteiger partial charge in [0.2, 0.25) is 0 Å². The third-order valence-corrected chi connectivity index (χ3v) is 9.62. The van der Waals surface area contributed by atoms with Crippen LogP contribution >= 0.6 is 57.5 Å². The Morgan fingerprint density at radius 1 is 0.515 bits per heavy atom. The SMILES string of the molecule is c1csc(-c2c(-c3cccc4nsnc34)sc(-c3cccc4nsnc34)c2-c2cccs2)c1. The molecule has 9 heteroatoms. The summed E-state index contributed by atoms with van der Waals surface area (Å²) in [6.45, 7) is 0. The highest BCUT2D eigenvalue weighted by Crippen LogP contribution is 2.55. The van der Waals surface area contributed by atoms with E-state index < -0.39 is 0 Å². The highest BCUT2D eigenvalue weighted by atomic mass is 32.1. The number of nitrogens with zero attached hydrogens (tertiary/aromatic N) is 4. The molecule has 0 aliphatic rings. The number of fused-ring (bicyclic) bond motifs is 2. The van der Waals surface area contributed by atoms with Crippen molar-refractivity contribution in [2.75, 3.05) is 0 Å². The monoisotopic (exact) mass is 516 g/mol. The Morgan fingerprint density at radius 3 is 1.48 bits per heavy atom. The van der Waals surface area contributed by atoms with E-state index in [1.807, 2.05) is 23.5 Å². The molecular weight excluding hydrogens is 505 g/mol. The predicted octanol–water partition coefficient (Wildman–Crippen LogP) is 8.55. The van der Waals surface area contributed by atoms with E-state index in [2.05, 4.69) is 76.8 Å². The second-order valence-corrected chi connectivity index (χ2v) is 11.3. The van der Waals surface area contributed by atoms with E-state index in [1.54, 1.807) is 22.7 Å². The third-order valence-electron chi connectivity index (χ3n) is 5.50. The van der Waals surface area contributed by atoms with Crippen molar-refractivity contribution in [3.8, 4) is 41.8 Å². The fourth-order valence-corrected chi connectivity index (χ4v) is 8.28. The fourth-order valence-electron chi connectivity index (χ4n) is 4.10. The normalized spacial score (nSPS) is 11.6. The summed E-state index contributed by atoms with van der Waals surface area (Å²) in [5.74, 6) is 0. The van der Waals surface area contributed by atoms with E-state index in [1.165, 1.54) is 54.1 Å². The van der Waals surface area contributed by atoms with Gasteiger partial charge in [-0.25, -0.2) is 0 Å². The smallest absolute Gasteiger partial charge is 0.113 e. The van der Waals surface area contributed by atoms with Gasteiger partial charge in [0.25, 0.3) is 0 Å². The minimum absolute atomic E-state index is 0.938. The molecule has 0 N–H and O–H groups in total. The summed E-state index contributed by atoms with van der Waals surface area (Å²) in [6.07, 6.45) is 0. The van der Waals surface area contributed by atoms with Crippen molar-refractivity contribution in [1.29, 1.82) is 0 Å². The Bertz CT molecular complexity index is 1590. The molecule has 5 heterocycles. The van der Waals surface area contributed by atoms with E-state index in [-0.39, 0.29) is 0 Å². The number of benzene rings is 2. The molecule has 0 fully saturated rings. The first-order valence-corrected chi connectivity index (χ1v) is 14.1. The summed E-state index contributed by atoms with van der Waals surface area (Å²) < 4.78 is 18.3. The lowest BCUT2D eigenvalue weighted by molar-refractivity contribution is 1.63. The van der Waals surface area contributed by atoms with Gasteiger partial charge in [-0.3, -0.25) is 0 Å². The standard InChI is InChI=1S/C24H12N4S5/c1-5-13(21-15(7-1)25-32-27-21)23-19(17-9-3-11-29-17)20(18-10-4-12-30-18)24(31-23)14-6-2-8-16-22(14)28-33-26-16/h1-12H. The van der Waals surface area contributed by atoms with Crippen LogP contribution in [-0.4, -0.2) is 17.5 Å². The number of hydrogen-bond donors (Lipinski definition) is 0. The molecule has 0 aliphatic carbocycles. The molecule has 0 atom stereocenters. The van der Waals surface area contributed by atoms with Gasteiger partial charge in [0.15, 0.2) is 0 Å². The van der Waals surface area contributed by atoms with Gasteiger partial charge in [-0.2, -0.15) is 17.5 Å². The van der Waals surface area contributed by atoms with Crippen LogP contribution in [0.15, 0.2) is 71.4 Å². The highest BCUT2D eigenvalue weighted by Gasteiger charge is 2.27. The highest BCUT2D eigenvalue weighted by molar-refractivity contribution is 7.22. The molecule has 0 radical (unpaired) electrons. The van der Waals surface area contributed by atoms with Gasteiger partial charge in [0.05, 0.1) is 23.5 Å².